The van der Waals surface area contributed by atoms with Crippen LogP contribution in [0.1, 0.15) is 53.7 Å². The number of nitrogens with one attached hydrogen (secondary N) is 1. The lowest BCUT2D eigenvalue weighted by molar-refractivity contribution is -0.135. The Hall–Kier alpha value is -2.67. The number of imide groups is 1. The standard InChI is InChI=1S/C21H24ClN3O4/c1-14-18(19(22)25(24-14)12-15-8-4-2-5-9-15)21(28)29-13-17(26)23-20(27)16-10-6-3-7-11-16/h2,4-5,8-9,16H,3,6-7,10-13H2,1H3,(H,23,26,27). The van der Waals surface area contributed by atoms with E-state index >= 15 is 0 Å². The van der Waals surface area contributed by atoms with Gasteiger partial charge in [-0.2, -0.15) is 5.10 Å². The summed E-state index contributed by atoms with van der Waals surface area (Å²) in [5, 5.41) is 6.76. The highest BCUT2D eigenvalue weighted by Crippen LogP contribution is 2.24. The van der Waals surface area contributed by atoms with E-state index in [-0.39, 0.29) is 22.5 Å². The van der Waals surface area contributed by atoms with Crippen molar-refractivity contribution >= 4 is 29.4 Å². The first kappa shape index (κ1) is 21.0. The molecule has 2 amide bonds. The van der Waals surface area contributed by atoms with E-state index in [1.54, 1.807) is 6.92 Å². The Labute approximate surface area is 174 Å². The van der Waals surface area contributed by atoms with Gasteiger partial charge in [-0.15, -0.1) is 0 Å². The average Bonchev–Trinajstić information content (AvgIpc) is 3.00. The molecule has 0 radical (unpaired) electrons. The monoisotopic (exact) mass is 417 g/mol. The zero-order valence-corrected chi connectivity index (χ0v) is 17.1. The molecule has 1 aliphatic carbocycles. The highest BCUT2D eigenvalue weighted by molar-refractivity contribution is 6.32. The molecule has 1 heterocycles. The maximum Gasteiger partial charge on any atom is 0.343 e. The molecular weight excluding hydrogens is 394 g/mol. The Morgan fingerprint density at radius 3 is 2.55 bits per heavy atom. The Balaban J connectivity index is 1.56. The van der Waals surface area contributed by atoms with Gasteiger partial charge in [0.2, 0.25) is 5.91 Å². The van der Waals surface area contributed by atoms with Crippen LogP contribution in [-0.2, 0) is 20.9 Å². The van der Waals surface area contributed by atoms with Crippen molar-refractivity contribution in [2.24, 2.45) is 5.92 Å². The Morgan fingerprint density at radius 1 is 1.17 bits per heavy atom. The summed E-state index contributed by atoms with van der Waals surface area (Å²) in [6.07, 6.45) is 4.67. The zero-order valence-electron chi connectivity index (χ0n) is 16.3. The minimum atomic E-state index is -0.743. The third-order valence-electron chi connectivity index (χ3n) is 5.02. The fraction of sp³-hybridized carbons (Fsp3) is 0.429. The van der Waals surface area contributed by atoms with E-state index in [4.69, 9.17) is 16.3 Å². The Bertz CT molecular complexity index is 889. The predicted molar refractivity (Wildman–Crippen MR) is 108 cm³/mol. The van der Waals surface area contributed by atoms with E-state index in [9.17, 15) is 14.4 Å². The number of nitrogens with zero attached hydrogens (tertiary/aromatic N) is 2. The molecule has 0 saturated heterocycles. The van der Waals surface area contributed by atoms with Gasteiger partial charge in [-0.05, 0) is 25.3 Å². The van der Waals surface area contributed by atoms with Gasteiger partial charge in [0.15, 0.2) is 6.61 Å². The van der Waals surface area contributed by atoms with Crippen molar-refractivity contribution in [3.63, 3.8) is 0 Å². The predicted octanol–water partition coefficient (Wildman–Crippen LogP) is 3.27. The van der Waals surface area contributed by atoms with Crippen LogP contribution < -0.4 is 5.32 Å². The number of aryl methyl sites for hydroxylation is 1. The molecule has 7 nitrogen and oxygen atoms in total. The normalized spacial score (nSPS) is 14.4. The summed E-state index contributed by atoms with van der Waals surface area (Å²) in [5.41, 5.74) is 1.51. The van der Waals surface area contributed by atoms with Crippen molar-refractivity contribution in [3.8, 4) is 0 Å². The second kappa shape index (κ2) is 9.69. The number of hydrogen-bond acceptors (Lipinski definition) is 5. The molecule has 1 N–H and O–H groups in total. The third-order valence-corrected chi connectivity index (χ3v) is 5.40. The fourth-order valence-electron chi connectivity index (χ4n) is 3.49. The van der Waals surface area contributed by atoms with Crippen LogP contribution in [0.2, 0.25) is 5.15 Å². The lowest BCUT2D eigenvalue weighted by Crippen LogP contribution is -2.38. The first-order chi connectivity index (χ1) is 14.0. The highest BCUT2D eigenvalue weighted by atomic mass is 35.5. The minimum absolute atomic E-state index is 0.119. The number of hydrogen-bond donors (Lipinski definition) is 1. The van der Waals surface area contributed by atoms with Crippen LogP contribution >= 0.6 is 11.6 Å². The number of halogens is 1. The number of amides is 2. The second-order valence-corrected chi connectivity index (χ2v) is 7.58. The van der Waals surface area contributed by atoms with Gasteiger partial charge in [0.05, 0.1) is 12.2 Å². The van der Waals surface area contributed by atoms with Gasteiger partial charge in [0, 0.05) is 5.92 Å². The van der Waals surface area contributed by atoms with Crippen LogP contribution in [0.15, 0.2) is 30.3 Å². The van der Waals surface area contributed by atoms with E-state index in [0.717, 1.165) is 37.7 Å². The van der Waals surface area contributed by atoms with Crippen molar-refractivity contribution in [3.05, 3.63) is 52.3 Å². The maximum absolute atomic E-state index is 12.4. The minimum Gasteiger partial charge on any atom is -0.452 e. The number of carbonyl (C=O) groups is 3. The lowest BCUT2D eigenvalue weighted by Gasteiger charge is -2.20. The van der Waals surface area contributed by atoms with Gasteiger partial charge in [-0.3, -0.25) is 14.9 Å². The lowest BCUT2D eigenvalue weighted by atomic mass is 9.89. The molecule has 1 fully saturated rings. The number of benzene rings is 1. The summed E-state index contributed by atoms with van der Waals surface area (Å²) in [4.78, 5) is 36.5. The first-order valence-corrected chi connectivity index (χ1v) is 10.1. The maximum atomic E-state index is 12.4. The van der Waals surface area contributed by atoms with Crippen LogP contribution in [-0.4, -0.2) is 34.2 Å². The van der Waals surface area contributed by atoms with E-state index in [0.29, 0.717) is 12.2 Å². The molecule has 0 unspecified atom stereocenters. The van der Waals surface area contributed by atoms with E-state index in [1.165, 1.54) is 4.68 Å². The molecule has 1 aromatic carbocycles. The van der Waals surface area contributed by atoms with Gasteiger partial charge >= 0.3 is 5.97 Å². The summed E-state index contributed by atoms with van der Waals surface area (Å²) in [7, 11) is 0. The number of ether oxygens (including phenoxy) is 1. The second-order valence-electron chi connectivity index (χ2n) is 7.22. The van der Waals surface area contributed by atoms with Crippen molar-refractivity contribution in [1.29, 1.82) is 0 Å². The van der Waals surface area contributed by atoms with Crippen molar-refractivity contribution in [1.82, 2.24) is 15.1 Å². The molecule has 29 heavy (non-hydrogen) atoms. The summed E-state index contributed by atoms with van der Waals surface area (Å²) in [6, 6.07) is 9.58. The Morgan fingerprint density at radius 2 is 1.86 bits per heavy atom. The quantitative estimate of drug-likeness (QED) is 0.728. The fourth-order valence-corrected chi connectivity index (χ4v) is 3.80. The Kier molecular flexibility index (Phi) is 7.04. The number of esters is 1. The summed E-state index contributed by atoms with van der Waals surface area (Å²) >= 11 is 6.32. The topological polar surface area (TPSA) is 90.3 Å². The van der Waals surface area contributed by atoms with Crippen LogP contribution in [0.4, 0.5) is 0 Å². The van der Waals surface area contributed by atoms with Gasteiger partial charge in [0.1, 0.15) is 10.7 Å². The van der Waals surface area contributed by atoms with Crippen molar-refractivity contribution in [2.45, 2.75) is 45.6 Å². The molecule has 0 bridgehead atoms. The van der Waals surface area contributed by atoms with Gasteiger partial charge in [-0.1, -0.05) is 61.2 Å². The largest absolute Gasteiger partial charge is 0.452 e. The van der Waals surface area contributed by atoms with Crippen molar-refractivity contribution in [2.75, 3.05) is 6.61 Å². The molecule has 1 aromatic heterocycles. The smallest absolute Gasteiger partial charge is 0.343 e. The van der Waals surface area contributed by atoms with E-state index < -0.39 is 18.5 Å². The van der Waals surface area contributed by atoms with E-state index in [1.807, 2.05) is 30.3 Å². The molecule has 0 spiro atoms. The number of carbonyl (C=O) groups excluding carboxylic acids is 3. The van der Waals surface area contributed by atoms with Crippen molar-refractivity contribution < 1.29 is 19.1 Å². The molecule has 2 aromatic rings. The van der Waals surface area contributed by atoms with Crippen LogP contribution in [0.3, 0.4) is 0 Å². The number of aromatic nitrogens is 2. The van der Waals surface area contributed by atoms with Crippen LogP contribution in [0, 0.1) is 12.8 Å². The first-order valence-electron chi connectivity index (χ1n) is 9.73. The summed E-state index contributed by atoms with van der Waals surface area (Å²) in [5.74, 6) is -1.82. The van der Waals surface area contributed by atoms with Gasteiger partial charge in [-0.25, -0.2) is 9.48 Å². The van der Waals surface area contributed by atoms with Gasteiger partial charge in [0.25, 0.3) is 5.91 Å². The molecule has 1 aliphatic rings. The number of rotatable bonds is 6. The molecular formula is C21H24ClN3O4. The van der Waals surface area contributed by atoms with Gasteiger partial charge < -0.3 is 4.74 Å². The summed E-state index contributed by atoms with van der Waals surface area (Å²) in [6.45, 7) is 1.51. The molecule has 8 heteroatoms. The van der Waals surface area contributed by atoms with Crippen LogP contribution in [0.25, 0.3) is 0 Å². The molecule has 3 rings (SSSR count). The molecule has 154 valence electrons. The molecule has 0 aliphatic heterocycles. The van der Waals surface area contributed by atoms with E-state index in [2.05, 4.69) is 10.4 Å². The molecule has 1 saturated carbocycles. The third kappa shape index (κ3) is 5.44. The highest BCUT2D eigenvalue weighted by Gasteiger charge is 2.25. The average molecular weight is 418 g/mol. The SMILES string of the molecule is Cc1nn(Cc2ccccc2)c(Cl)c1C(=O)OCC(=O)NC(=O)C1CCCCC1. The molecule has 0 atom stereocenters. The summed E-state index contributed by atoms with van der Waals surface area (Å²) < 4.78 is 6.57. The zero-order chi connectivity index (χ0) is 20.8. The van der Waals surface area contributed by atoms with Crippen LogP contribution in [0.5, 0.6) is 0 Å².